The third-order valence-electron chi connectivity index (χ3n) is 8.00. The predicted molar refractivity (Wildman–Crippen MR) is 147 cm³/mol. The van der Waals surface area contributed by atoms with Gasteiger partial charge < -0.3 is 25.0 Å². The Bertz CT molecular complexity index is 1320. The van der Waals surface area contributed by atoms with Gasteiger partial charge in [-0.3, -0.25) is 9.48 Å². The monoisotopic (exact) mass is 522 g/mol. The minimum absolute atomic E-state index is 0.159. The van der Waals surface area contributed by atoms with Crippen LogP contribution in [0.15, 0.2) is 24.5 Å². The van der Waals surface area contributed by atoms with Crippen LogP contribution in [0.25, 0.3) is 10.9 Å². The molecule has 0 bridgehead atoms. The molecule has 204 valence electrons. The molecule has 11 heteroatoms. The zero-order chi connectivity index (χ0) is 27.2. The molecule has 0 atom stereocenters. The molecular formula is C27H38N8O3. The van der Waals surface area contributed by atoms with Crippen molar-refractivity contribution in [1.82, 2.24) is 24.7 Å². The number of hydrogen-bond acceptors (Lipinski definition) is 10. The molecule has 0 saturated carbocycles. The third-order valence-corrected chi connectivity index (χ3v) is 8.00. The molecule has 0 unspecified atom stereocenters. The number of hydrogen-bond donors (Lipinski definition) is 2. The van der Waals surface area contributed by atoms with Crippen LogP contribution in [-0.4, -0.2) is 74.7 Å². The fraction of sp³-hybridized carbons (Fsp3) is 0.593. The molecule has 3 aromatic heterocycles. The smallest absolute Gasteiger partial charge is 0.311 e. The van der Waals surface area contributed by atoms with Crippen LogP contribution in [0.4, 0.5) is 23.4 Å². The maximum Gasteiger partial charge on any atom is 0.311 e. The Morgan fingerprint density at radius 1 is 1.18 bits per heavy atom. The molecule has 2 aliphatic rings. The number of methoxy groups -OCH3 is 1. The first-order chi connectivity index (χ1) is 18.0. The standard InChI is InChI=1S/C27H38N8O3/c1-17(2)35-20-13-22(30-21-7-10-28-25(31-21)33-11-8-27(5,37)9-12-33)29-14-19(20)23(32-35)34-15-18(16-34)26(3,4)24(36)38-6/h7,10,13-14,17-18,37H,8-9,11-12,15-16H2,1-6H3,(H,28,29,30,31). The third kappa shape index (κ3) is 4.87. The van der Waals surface area contributed by atoms with E-state index in [4.69, 9.17) is 14.8 Å². The maximum absolute atomic E-state index is 12.2. The molecule has 11 nitrogen and oxygen atoms in total. The van der Waals surface area contributed by atoms with Crippen LogP contribution in [0.5, 0.6) is 0 Å². The van der Waals surface area contributed by atoms with E-state index in [1.807, 2.05) is 43.8 Å². The Kier molecular flexibility index (Phi) is 6.66. The lowest BCUT2D eigenvalue weighted by atomic mass is 9.74. The summed E-state index contributed by atoms with van der Waals surface area (Å²) < 4.78 is 7.03. The number of aromatic nitrogens is 5. The van der Waals surface area contributed by atoms with Gasteiger partial charge in [-0.2, -0.15) is 10.1 Å². The van der Waals surface area contributed by atoms with E-state index >= 15 is 0 Å². The van der Waals surface area contributed by atoms with Crippen molar-refractivity contribution in [3.63, 3.8) is 0 Å². The quantitative estimate of drug-likeness (QED) is 0.446. The highest BCUT2D eigenvalue weighted by molar-refractivity contribution is 5.92. The van der Waals surface area contributed by atoms with Crippen molar-refractivity contribution in [1.29, 1.82) is 0 Å². The molecule has 5 heterocycles. The van der Waals surface area contributed by atoms with E-state index in [1.54, 1.807) is 6.20 Å². The molecular weight excluding hydrogens is 484 g/mol. The van der Waals surface area contributed by atoms with Gasteiger partial charge in [0.05, 0.1) is 29.0 Å². The minimum atomic E-state index is -0.627. The lowest BCUT2D eigenvalue weighted by Gasteiger charge is -2.46. The summed E-state index contributed by atoms with van der Waals surface area (Å²) >= 11 is 0. The van der Waals surface area contributed by atoms with E-state index in [0.29, 0.717) is 43.5 Å². The molecule has 2 fully saturated rings. The Morgan fingerprint density at radius 3 is 2.55 bits per heavy atom. The number of anilines is 4. The fourth-order valence-corrected chi connectivity index (χ4v) is 5.14. The number of piperidine rings is 1. The van der Waals surface area contributed by atoms with Gasteiger partial charge in [-0.15, -0.1) is 0 Å². The van der Waals surface area contributed by atoms with Gasteiger partial charge in [0, 0.05) is 56.6 Å². The van der Waals surface area contributed by atoms with Crippen LogP contribution in [0.2, 0.25) is 0 Å². The Hall–Kier alpha value is -3.47. The summed E-state index contributed by atoms with van der Waals surface area (Å²) in [6, 6.07) is 3.98. The van der Waals surface area contributed by atoms with Gasteiger partial charge in [0.1, 0.15) is 11.6 Å². The number of nitrogens with one attached hydrogen (secondary N) is 1. The SMILES string of the molecule is COC(=O)C(C)(C)C1CN(c2nn(C(C)C)c3cc(Nc4ccnc(N5CCC(C)(O)CC5)n4)ncc23)C1. The van der Waals surface area contributed by atoms with Crippen LogP contribution in [0.1, 0.15) is 53.5 Å². The Labute approximate surface area is 223 Å². The highest BCUT2D eigenvalue weighted by atomic mass is 16.5. The number of ether oxygens (including phenoxy) is 1. The summed E-state index contributed by atoms with van der Waals surface area (Å²) in [4.78, 5) is 30.4. The average Bonchev–Trinajstić information content (AvgIpc) is 3.21. The number of fused-ring (bicyclic) bond motifs is 1. The zero-order valence-corrected chi connectivity index (χ0v) is 23.1. The summed E-state index contributed by atoms with van der Waals surface area (Å²) in [5.74, 6) is 2.87. The number of carbonyl (C=O) groups excluding carboxylic acids is 1. The molecule has 2 saturated heterocycles. The number of pyridine rings is 1. The van der Waals surface area contributed by atoms with E-state index in [2.05, 4.69) is 38.9 Å². The van der Waals surface area contributed by atoms with Crippen molar-refractivity contribution >= 4 is 40.3 Å². The summed E-state index contributed by atoms with van der Waals surface area (Å²) in [6.07, 6.45) is 4.96. The van der Waals surface area contributed by atoms with E-state index in [0.717, 1.165) is 29.8 Å². The van der Waals surface area contributed by atoms with Crippen molar-refractivity contribution in [3.05, 3.63) is 24.5 Å². The average molecular weight is 523 g/mol. The summed E-state index contributed by atoms with van der Waals surface area (Å²) in [7, 11) is 1.44. The van der Waals surface area contributed by atoms with Crippen LogP contribution in [-0.2, 0) is 9.53 Å². The second-order valence-electron chi connectivity index (χ2n) is 11.6. The molecule has 0 spiro atoms. The molecule has 2 N–H and O–H groups in total. The van der Waals surface area contributed by atoms with Gasteiger partial charge in [0.15, 0.2) is 5.82 Å². The van der Waals surface area contributed by atoms with Gasteiger partial charge in [-0.05, 0) is 53.5 Å². The summed E-state index contributed by atoms with van der Waals surface area (Å²) in [5.41, 5.74) is -0.187. The molecule has 0 radical (unpaired) electrons. The van der Waals surface area contributed by atoms with Crippen LogP contribution >= 0.6 is 0 Å². The van der Waals surface area contributed by atoms with Crippen molar-refractivity contribution in [2.24, 2.45) is 11.3 Å². The predicted octanol–water partition coefficient (Wildman–Crippen LogP) is 3.53. The normalized spacial score (nSPS) is 18.1. The topological polar surface area (TPSA) is 122 Å². The van der Waals surface area contributed by atoms with E-state index in [1.165, 1.54) is 7.11 Å². The first-order valence-electron chi connectivity index (χ1n) is 13.3. The number of carbonyl (C=O) groups is 1. The van der Waals surface area contributed by atoms with Crippen molar-refractivity contribution in [3.8, 4) is 0 Å². The molecule has 0 amide bonds. The molecule has 0 aliphatic carbocycles. The molecule has 5 rings (SSSR count). The molecule has 2 aliphatic heterocycles. The van der Waals surface area contributed by atoms with E-state index in [-0.39, 0.29) is 17.9 Å². The first-order valence-corrected chi connectivity index (χ1v) is 13.3. The Morgan fingerprint density at radius 2 is 1.89 bits per heavy atom. The fourth-order valence-electron chi connectivity index (χ4n) is 5.14. The second kappa shape index (κ2) is 9.68. The molecule has 0 aromatic carbocycles. The van der Waals surface area contributed by atoms with Gasteiger partial charge >= 0.3 is 5.97 Å². The molecule has 38 heavy (non-hydrogen) atoms. The maximum atomic E-state index is 12.2. The van der Waals surface area contributed by atoms with Crippen LogP contribution in [0, 0.1) is 11.3 Å². The van der Waals surface area contributed by atoms with Crippen LogP contribution in [0.3, 0.4) is 0 Å². The van der Waals surface area contributed by atoms with E-state index in [9.17, 15) is 9.90 Å². The minimum Gasteiger partial charge on any atom is -0.469 e. The molecule has 3 aromatic rings. The second-order valence-corrected chi connectivity index (χ2v) is 11.6. The highest BCUT2D eigenvalue weighted by Crippen LogP contribution is 2.40. The van der Waals surface area contributed by atoms with Gasteiger partial charge in [0.2, 0.25) is 5.95 Å². The lowest BCUT2D eigenvalue weighted by Crippen LogP contribution is -2.55. The van der Waals surface area contributed by atoms with Crippen molar-refractivity contribution in [2.75, 3.05) is 48.4 Å². The van der Waals surface area contributed by atoms with Gasteiger partial charge in [-0.25, -0.2) is 9.97 Å². The van der Waals surface area contributed by atoms with E-state index < -0.39 is 11.0 Å². The number of aliphatic hydroxyl groups is 1. The number of rotatable bonds is 7. The zero-order valence-electron chi connectivity index (χ0n) is 23.1. The first kappa shape index (κ1) is 26.1. The largest absolute Gasteiger partial charge is 0.469 e. The van der Waals surface area contributed by atoms with Crippen molar-refractivity contribution < 1.29 is 14.6 Å². The summed E-state index contributed by atoms with van der Waals surface area (Å²) in [6.45, 7) is 12.9. The van der Waals surface area contributed by atoms with Crippen molar-refractivity contribution in [2.45, 2.75) is 59.1 Å². The van der Waals surface area contributed by atoms with Crippen LogP contribution < -0.4 is 15.1 Å². The Balaban J connectivity index is 1.35. The summed E-state index contributed by atoms with van der Waals surface area (Å²) in [5, 5.41) is 19.5. The van der Waals surface area contributed by atoms with Gasteiger partial charge in [-0.1, -0.05) is 0 Å². The lowest BCUT2D eigenvalue weighted by molar-refractivity contribution is -0.154. The van der Waals surface area contributed by atoms with Gasteiger partial charge in [0.25, 0.3) is 0 Å². The number of esters is 1. The highest BCUT2D eigenvalue weighted by Gasteiger charge is 2.45. The number of nitrogens with zero attached hydrogens (tertiary/aromatic N) is 7.